The minimum Gasteiger partial charge on any atom is -0.395 e. The van der Waals surface area contributed by atoms with Crippen LogP contribution in [0.5, 0.6) is 0 Å². The molecular weight excluding hydrogens is 428 g/mol. The van der Waals surface area contributed by atoms with Gasteiger partial charge in [0.1, 0.15) is 4.32 Å². The molecule has 1 saturated heterocycles. The number of carbonyl (C=O) groups is 2. The molecule has 2 aromatic rings. The molecule has 1 fully saturated rings. The number of nitrogens with zero attached hydrogens (tertiary/aromatic N) is 2. The van der Waals surface area contributed by atoms with Crippen LogP contribution in [0.15, 0.2) is 77.7 Å². The number of aliphatic hydroxyl groups is 1. The second kappa shape index (κ2) is 11.6. The number of allylic oxidation sites excluding steroid dienone is 2. The number of aliphatic hydroxyl groups excluding tert-OH is 1. The van der Waals surface area contributed by atoms with Crippen LogP contribution in [-0.4, -0.2) is 50.7 Å². The second-order valence-corrected chi connectivity index (χ2v) is 8.58. The molecule has 2 aromatic carbocycles. The number of hydrogen-bond acceptors (Lipinski definition) is 5. The summed E-state index contributed by atoms with van der Waals surface area (Å²) in [7, 11) is 0. The fraction of sp³-hybridized carbons (Fsp3) is 0.208. The molecule has 31 heavy (non-hydrogen) atoms. The van der Waals surface area contributed by atoms with Gasteiger partial charge >= 0.3 is 0 Å². The summed E-state index contributed by atoms with van der Waals surface area (Å²) in [5.74, 6) is -0.308. The molecule has 0 bridgehead atoms. The topological polar surface area (TPSA) is 60.9 Å². The molecule has 7 heteroatoms. The predicted molar refractivity (Wildman–Crippen MR) is 129 cm³/mol. The van der Waals surface area contributed by atoms with E-state index in [1.807, 2.05) is 72.8 Å². The molecular formula is C24H24N2O3S2. The quantitative estimate of drug-likeness (QED) is 0.463. The SMILES string of the molecule is O=C(CCN1C(=O)/C(=C/C=C/c2ccccc2)SC1=S)N(CCO)Cc1ccccc1. The maximum absolute atomic E-state index is 12.7. The predicted octanol–water partition coefficient (Wildman–Crippen LogP) is 3.86. The van der Waals surface area contributed by atoms with Gasteiger partial charge in [-0.1, -0.05) is 96.8 Å². The van der Waals surface area contributed by atoms with Gasteiger partial charge in [-0.05, 0) is 17.2 Å². The summed E-state index contributed by atoms with van der Waals surface area (Å²) >= 11 is 6.59. The van der Waals surface area contributed by atoms with Crippen LogP contribution in [-0.2, 0) is 16.1 Å². The summed E-state index contributed by atoms with van der Waals surface area (Å²) in [6.45, 7) is 0.773. The molecule has 3 rings (SSSR count). The van der Waals surface area contributed by atoms with Gasteiger partial charge in [-0.25, -0.2) is 0 Å². The van der Waals surface area contributed by atoms with E-state index in [9.17, 15) is 14.7 Å². The molecule has 5 nitrogen and oxygen atoms in total. The van der Waals surface area contributed by atoms with E-state index in [-0.39, 0.29) is 37.9 Å². The van der Waals surface area contributed by atoms with Crippen molar-refractivity contribution in [3.8, 4) is 0 Å². The van der Waals surface area contributed by atoms with Crippen molar-refractivity contribution in [2.75, 3.05) is 19.7 Å². The first-order valence-electron chi connectivity index (χ1n) is 9.98. The van der Waals surface area contributed by atoms with E-state index >= 15 is 0 Å². The van der Waals surface area contributed by atoms with Crippen molar-refractivity contribution in [1.82, 2.24) is 9.80 Å². The summed E-state index contributed by atoms with van der Waals surface area (Å²) in [6, 6.07) is 19.4. The normalized spacial score (nSPS) is 15.3. The minimum absolute atomic E-state index is 0.115. The van der Waals surface area contributed by atoms with E-state index in [0.717, 1.165) is 11.1 Å². The van der Waals surface area contributed by atoms with Crippen LogP contribution in [0, 0.1) is 0 Å². The standard InChI is InChI=1S/C24H24N2O3S2/c27-17-16-25(18-20-10-5-2-6-11-20)22(28)14-15-26-23(29)21(31-24(26)30)13-7-12-19-8-3-1-4-9-19/h1-13,27H,14-18H2/b12-7+,21-13-. The highest BCUT2D eigenvalue weighted by Gasteiger charge is 2.32. The molecule has 1 N–H and O–H groups in total. The minimum atomic E-state index is -0.183. The summed E-state index contributed by atoms with van der Waals surface area (Å²) in [4.78, 5) is 29.0. The van der Waals surface area contributed by atoms with Gasteiger partial charge in [0.15, 0.2) is 0 Å². The number of amides is 2. The van der Waals surface area contributed by atoms with Gasteiger partial charge in [-0.2, -0.15) is 0 Å². The zero-order valence-corrected chi connectivity index (χ0v) is 18.6. The van der Waals surface area contributed by atoms with E-state index in [0.29, 0.717) is 15.8 Å². The third-order valence-corrected chi connectivity index (χ3v) is 6.09. The molecule has 2 amide bonds. The van der Waals surface area contributed by atoms with E-state index in [2.05, 4.69) is 0 Å². The van der Waals surface area contributed by atoms with Crippen LogP contribution in [0.3, 0.4) is 0 Å². The molecule has 1 aliphatic rings. The molecule has 1 heterocycles. The number of benzene rings is 2. The summed E-state index contributed by atoms with van der Waals surface area (Å²) in [5, 5.41) is 9.33. The Morgan fingerprint density at radius 3 is 2.45 bits per heavy atom. The maximum Gasteiger partial charge on any atom is 0.266 e. The first kappa shape index (κ1) is 22.9. The fourth-order valence-electron chi connectivity index (χ4n) is 3.10. The molecule has 0 radical (unpaired) electrons. The lowest BCUT2D eigenvalue weighted by atomic mass is 10.2. The zero-order valence-electron chi connectivity index (χ0n) is 17.0. The Kier molecular flexibility index (Phi) is 8.58. The Hall–Kier alpha value is -2.74. The van der Waals surface area contributed by atoms with Gasteiger partial charge in [0.2, 0.25) is 5.91 Å². The number of hydrogen-bond donors (Lipinski definition) is 1. The molecule has 1 aliphatic heterocycles. The molecule has 0 saturated carbocycles. The maximum atomic E-state index is 12.7. The average Bonchev–Trinajstić information content (AvgIpc) is 3.06. The highest BCUT2D eigenvalue weighted by molar-refractivity contribution is 8.26. The largest absolute Gasteiger partial charge is 0.395 e. The number of thiocarbonyl (C=S) groups is 1. The van der Waals surface area contributed by atoms with Crippen LogP contribution < -0.4 is 0 Å². The van der Waals surface area contributed by atoms with Crippen molar-refractivity contribution in [3.05, 3.63) is 88.8 Å². The van der Waals surface area contributed by atoms with Gasteiger partial charge in [-0.3, -0.25) is 14.5 Å². The molecule has 0 unspecified atom stereocenters. The first-order valence-corrected chi connectivity index (χ1v) is 11.2. The lowest BCUT2D eigenvalue weighted by Gasteiger charge is -2.23. The summed E-state index contributed by atoms with van der Waals surface area (Å²) in [6.07, 6.45) is 5.65. The van der Waals surface area contributed by atoms with E-state index < -0.39 is 0 Å². The van der Waals surface area contributed by atoms with Crippen molar-refractivity contribution in [1.29, 1.82) is 0 Å². The Labute approximate surface area is 192 Å². The Balaban J connectivity index is 1.58. The van der Waals surface area contributed by atoms with Crippen LogP contribution in [0.25, 0.3) is 6.08 Å². The second-order valence-electron chi connectivity index (χ2n) is 6.90. The number of thioether (sulfide) groups is 1. The van der Waals surface area contributed by atoms with E-state index in [1.165, 1.54) is 16.7 Å². The van der Waals surface area contributed by atoms with Crippen LogP contribution in [0.1, 0.15) is 17.5 Å². The molecule has 0 atom stereocenters. The fourth-order valence-corrected chi connectivity index (χ4v) is 4.36. The smallest absolute Gasteiger partial charge is 0.266 e. The van der Waals surface area contributed by atoms with Gasteiger partial charge in [-0.15, -0.1) is 0 Å². The van der Waals surface area contributed by atoms with Crippen molar-refractivity contribution >= 4 is 46.2 Å². The van der Waals surface area contributed by atoms with E-state index in [4.69, 9.17) is 12.2 Å². The highest BCUT2D eigenvalue weighted by Crippen LogP contribution is 2.31. The van der Waals surface area contributed by atoms with E-state index in [1.54, 1.807) is 11.0 Å². The van der Waals surface area contributed by atoms with Gasteiger partial charge < -0.3 is 10.0 Å². The van der Waals surface area contributed by atoms with Gasteiger partial charge in [0, 0.05) is 26.1 Å². The van der Waals surface area contributed by atoms with Gasteiger partial charge in [0.25, 0.3) is 5.91 Å². The summed E-state index contributed by atoms with van der Waals surface area (Å²) in [5.41, 5.74) is 2.03. The molecule has 0 spiro atoms. The van der Waals surface area contributed by atoms with Crippen LogP contribution in [0.4, 0.5) is 0 Å². The number of carbonyl (C=O) groups excluding carboxylic acids is 2. The van der Waals surface area contributed by atoms with Gasteiger partial charge in [0.05, 0.1) is 11.5 Å². The summed E-state index contributed by atoms with van der Waals surface area (Å²) < 4.78 is 0.453. The Bertz CT molecular complexity index is 975. The Morgan fingerprint density at radius 1 is 1.10 bits per heavy atom. The van der Waals surface area contributed by atoms with Crippen molar-refractivity contribution < 1.29 is 14.7 Å². The van der Waals surface area contributed by atoms with Crippen molar-refractivity contribution in [2.24, 2.45) is 0 Å². The first-order chi connectivity index (χ1) is 15.1. The van der Waals surface area contributed by atoms with Crippen molar-refractivity contribution in [2.45, 2.75) is 13.0 Å². The Morgan fingerprint density at radius 2 is 1.77 bits per heavy atom. The number of rotatable bonds is 9. The van der Waals surface area contributed by atoms with Crippen LogP contribution in [0.2, 0.25) is 0 Å². The third-order valence-electron chi connectivity index (χ3n) is 4.70. The van der Waals surface area contributed by atoms with Crippen LogP contribution >= 0.6 is 24.0 Å². The molecule has 160 valence electrons. The average molecular weight is 453 g/mol. The lowest BCUT2D eigenvalue weighted by Crippen LogP contribution is -2.37. The molecule has 0 aromatic heterocycles. The lowest BCUT2D eigenvalue weighted by molar-refractivity contribution is -0.132. The highest BCUT2D eigenvalue weighted by atomic mass is 32.2. The monoisotopic (exact) mass is 452 g/mol. The van der Waals surface area contributed by atoms with Crippen molar-refractivity contribution in [3.63, 3.8) is 0 Å². The third kappa shape index (κ3) is 6.62. The molecule has 0 aliphatic carbocycles. The zero-order chi connectivity index (χ0) is 22.1.